The molecule has 0 saturated carbocycles. The average molecular weight is 297 g/mol. The van der Waals surface area contributed by atoms with Crippen LogP contribution in [0.25, 0.3) is 0 Å². The molecule has 6 heteroatoms. The highest BCUT2D eigenvalue weighted by molar-refractivity contribution is 5.97. The van der Waals surface area contributed by atoms with Crippen LogP contribution in [-0.2, 0) is 9.53 Å². The van der Waals surface area contributed by atoms with E-state index in [9.17, 15) is 14.7 Å². The molecule has 0 bridgehead atoms. The third-order valence-corrected chi connectivity index (χ3v) is 2.83. The molecule has 21 heavy (non-hydrogen) atoms. The van der Waals surface area contributed by atoms with Gasteiger partial charge in [0.25, 0.3) is 5.91 Å². The molecule has 0 radical (unpaired) electrons. The largest absolute Gasteiger partial charge is 0.480 e. The summed E-state index contributed by atoms with van der Waals surface area (Å²) in [5.74, 6) is -0.452. The van der Waals surface area contributed by atoms with E-state index >= 15 is 0 Å². The third kappa shape index (κ3) is 5.59. The Labute approximate surface area is 124 Å². The Morgan fingerprint density at radius 3 is 2.43 bits per heavy atom. The van der Waals surface area contributed by atoms with Crippen LogP contribution < -0.4 is 5.32 Å². The van der Waals surface area contributed by atoms with Crippen molar-refractivity contribution in [2.75, 3.05) is 6.61 Å². The van der Waals surface area contributed by atoms with E-state index in [0.717, 1.165) is 0 Å². The summed E-state index contributed by atoms with van der Waals surface area (Å²) in [6, 6.07) is 0.601. The van der Waals surface area contributed by atoms with E-state index in [1.807, 2.05) is 20.8 Å². The van der Waals surface area contributed by atoms with Crippen molar-refractivity contribution >= 4 is 11.9 Å². The van der Waals surface area contributed by atoms with Gasteiger partial charge in [-0.3, -0.25) is 4.79 Å². The summed E-state index contributed by atoms with van der Waals surface area (Å²) in [6.45, 7) is 9.32. The van der Waals surface area contributed by atoms with Crippen molar-refractivity contribution in [1.82, 2.24) is 5.32 Å². The second kappa shape index (κ2) is 6.76. The van der Waals surface area contributed by atoms with Gasteiger partial charge in [-0.2, -0.15) is 0 Å². The standard InChI is InChI=1S/C15H23NO5/c1-9-8-11(10(2)21-9)13(17)16-12(14(18)19)6-7-20-15(3,4)5/h8,12H,6-7H2,1-5H3,(H,16,17)(H,18,19). The fraction of sp³-hybridized carbons (Fsp3) is 0.600. The van der Waals surface area contributed by atoms with Crippen LogP contribution in [-0.4, -0.2) is 35.2 Å². The first kappa shape index (κ1) is 17.2. The van der Waals surface area contributed by atoms with Crippen LogP contribution in [0.1, 0.15) is 49.1 Å². The molecule has 1 aromatic rings. The molecule has 0 fully saturated rings. The van der Waals surface area contributed by atoms with Crippen molar-refractivity contribution in [1.29, 1.82) is 0 Å². The molecule has 2 N–H and O–H groups in total. The molecule has 6 nitrogen and oxygen atoms in total. The Morgan fingerprint density at radius 2 is 2.00 bits per heavy atom. The van der Waals surface area contributed by atoms with Crippen LogP contribution in [0.4, 0.5) is 0 Å². The first-order chi connectivity index (χ1) is 9.60. The number of amides is 1. The van der Waals surface area contributed by atoms with Gasteiger partial charge in [-0.05, 0) is 40.7 Å². The molecular weight excluding hydrogens is 274 g/mol. The summed E-state index contributed by atoms with van der Waals surface area (Å²) in [5.41, 5.74) is 0.0150. The maximum Gasteiger partial charge on any atom is 0.326 e. The minimum Gasteiger partial charge on any atom is -0.480 e. The number of hydrogen-bond donors (Lipinski definition) is 2. The highest BCUT2D eigenvalue weighted by Crippen LogP contribution is 2.14. The van der Waals surface area contributed by atoms with Crippen molar-refractivity contribution in [3.63, 3.8) is 0 Å². The van der Waals surface area contributed by atoms with Gasteiger partial charge in [-0.1, -0.05) is 0 Å². The van der Waals surface area contributed by atoms with E-state index in [0.29, 0.717) is 17.1 Å². The Hall–Kier alpha value is -1.82. The number of ether oxygens (including phenoxy) is 1. The van der Waals surface area contributed by atoms with E-state index in [4.69, 9.17) is 9.15 Å². The fourth-order valence-electron chi connectivity index (χ4n) is 1.83. The number of rotatable bonds is 6. The van der Waals surface area contributed by atoms with Crippen molar-refractivity contribution in [3.8, 4) is 0 Å². The lowest BCUT2D eigenvalue weighted by Crippen LogP contribution is -2.42. The second-order valence-electron chi connectivity index (χ2n) is 5.94. The minimum atomic E-state index is -1.08. The SMILES string of the molecule is Cc1cc(C(=O)NC(CCOC(C)(C)C)C(=O)O)c(C)o1. The number of nitrogens with one attached hydrogen (secondary N) is 1. The van der Waals surface area contributed by atoms with Gasteiger partial charge in [-0.25, -0.2) is 4.79 Å². The maximum atomic E-state index is 12.1. The van der Waals surface area contributed by atoms with Crippen LogP contribution in [0.15, 0.2) is 10.5 Å². The number of carboxylic acids is 1. The van der Waals surface area contributed by atoms with Crippen molar-refractivity contribution in [2.45, 2.75) is 52.7 Å². The number of aryl methyl sites for hydroxylation is 2. The molecule has 118 valence electrons. The molecule has 1 rings (SSSR count). The lowest BCUT2D eigenvalue weighted by Gasteiger charge is -2.21. The maximum absolute atomic E-state index is 12.1. The number of carboxylic acid groups (broad SMARTS) is 1. The first-order valence-corrected chi connectivity index (χ1v) is 6.85. The van der Waals surface area contributed by atoms with Gasteiger partial charge in [0.05, 0.1) is 11.2 Å². The number of furan rings is 1. The molecule has 1 aromatic heterocycles. The van der Waals surface area contributed by atoms with Crippen LogP contribution in [0.2, 0.25) is 0 Å². The molecule has 0 aliphatic heterocycles. The summed E-state index contributed by atoms with van der Waals surface area (Å²) in [7, 11) is 0. The number of hydrogen-bond acceptors (Lipinski definition) is 4. The zero-order valence-electron chi connectivity index (χ0n) is 13.1. The van der Waals surface area contributed by atoms with E-state index < -0.39 is 17.9 Å². The molecule has 0 aromatic carbocycles. The summed E-state index contributed by atoms with van der Waals surface area (Å²) in [5, 5.41) is 11.7. The summed E-state index contributed by atoms with van der Waals surface area (Å²) < 4.78 is 10.8. The second-order valence-corrected chi connectivity index (χ2v) is 5.94. The highest BCUT2D eigenvalue weighted by atomic mass is 16.5. The van der Waals surface area contributed by atoms with Crippen molar-refractivity contribution in [2.24, 2.45) is 0 Å². The topological polar surface area (TPSA) is 88.8 Å². The molecule has 1 heterocycles. The Morgan fingerprint density at radius 1 is 1.38 bits per heavy atom. The van der Waals surface area contributed by atoms with E-state index in [-0.39, 0.29) is 18.6 Å². The summed E-state index contributed by atoms with van der Waals surface area (Å²) in [4.78, 5) is 23.3. The van der Waals surface area contributed by atoms with Gasteiger partial charge in [0, 0.05) is 13.0 Å². The van der Waals surface area contributed by atoms with Gasteiger partial charge < -0.3 is 19.6 Å². The highest BCUT2D eigenvalue weighted by Gasteiger charge is 2.23. The lowest BCUT2D eigenvalue weighted by atomic mass is 10.1. The van der Waals surface area contributed by atoms with E-state index in [1.165, 1.54) is 0 Å². The molecular formula is C15H23NO5. The van der Waals surface area contributed by atoms with Gasteiger partial charge in [-0.15, -0.1) is 0 Å². The van der Waals surface area contributed by atoms with Crippen LogP contribution >= 0.6 is 0 Å². The first-order valence-electron chi connectivity index (χ1n) is 6.85. The van der Waals surface area contributed by atoms with Crippen molar-refractivity contribution < 1.29 is 23.8 Å². The summed E-state index contributed by atoms with van der Waals surface area (Å²) >= 11 is 0. The summed E-state index contributed by atoms with van der Waals surface area (Å²) in [6.07, 6.45) is 0.203. The van der Waals surface area contributed by atoms with Gasteiger partial charge >= 0.3 is 5.97 Å². The Kier molecular flexibility index (Phi) is 5.54. The Balaban J connectivity index is 2.64. The zero-order valence-corrected chi connectivity index (χ0v) is 13.1. The van der Waals surface area contributed by atoms with Crippen LogP contribution in [0.5, 0.6) is 0 Å². The predicted molar refractivity (Wildman–Crippen MR) is 77.4 cm³/mol. The molecule has 1 atom stereocenters. The molecule has 1 amide bonds. The van der Waals surface area contributed by atoms with Gasteiger partial charge in [0.2, 0.25) is 0 Å². The average Bonchev–Trinajstić information content (AvgIpc) is 2.65. The third-order valence-electron chi connectivity index (χ3n) is 2.83. The Bertz CT molecular complexity index is 513. The normalized spacial score (nSPS) is 13.0. The van der Waals surface area contributed by atoms with E-state index in [2.05, 4.69) is 5.32 Å². The molecule has 1 unspecified atom stereocenters. The molecule has 0 aliphatic carbocycles. The minimum absolute atomic E-state index is 0.203. The number of carbonyl (C=O) groups is 2. The fourth-order valence-corrected chi connectivity index (χ4v) is 1.83. The zero-order chi connectivity index (χ0) is 16.2. The smallest absolute Gasteiger partial charge is 0.326 e. The lowest BCUT2D eigenvalue weighted by molar-refractivity contribution is -0.140. The molecule has 0 saturated heterocycles. The number of aliphatic carboxylic acids is 1. The van der Waals surface area contributed by atoms with Gasteiger partial charge in [0.1, 0.15) is 17.6 Å². The quantitative estimate of drug-likeness (QED) is 0.841. The number of carbonyl (C=O) groups excluding carboxylic acids is 1. The van der Waals surface area contributed by atoms with Crippen molar-refractivity contribution in [3.05, 3.63) is 23.2 Å². The monoisotopic (exact) mass is 297 g/mol. The molecule has 0 spiro atoms. The van der Waals surface area contributed by atoms with Gasteiger partial charge in [0.15, 0.2) is 0 Å². The predicted octanol–water partition coefficient (Wildman–Crippen LogP) is 2.28. The molecule has 0 aliphatic rings. The van der Waals surface area contributed by atoms with Crippen LogP contribution in [0.3, 0.4) is 0 Å². The van der Waals surface area contributed by atoms with E-state index in [1.54, 1.807) is 19.9 Å². The van der Waals surface area contributed by atoms with Crippen LogP contribution in [0, 0.1) is 13.8 Å².